The summed E-state index contributed by atoms with van der Waals surface area (Å²) in [6, 6.07) is 10.9. The molecule has 150 valence electrons. The van der Waals surface area contributed by atoms with Crippen LogP contribution in [0.3, 0.4) is 0 Å². The van der Waals surface area contributed by atoms with Crippen LogP contribution in [0.1, 0.15) is 91.0 Å². The Bertz CT molecular complexity index is 630. The Morgan fingerprint density at radius 2 is 1.78 bits per heavy atom. The van der Waals surface area contributed by atoms with Crippen LogP contribution in [0, 0.1) is 0 Å². The predicted octanol–water partition coefficient (Wildman–Crippen LogP) is 6.46. The van der Waals surface area contributed by atoms with Crippen LogP contribution in [0.15, 0.2) is 30.3 Å². The summed E-state index contributed by atoms with van der Waals surface area (Å²) < 4.78 is 5.85. The summed E-state index contributed by atoms with van der Waals surface area (Å²) in [4.78, 5) is 15.3. The van der Waals surface area contributed by atoms with Gasteiger partial charge in [-0.3, -0.25) is 0 Å². The molecule has 3 nitrogen and oxygen atoms in total. The molecule has 1 aliphatic carbocycles. The number of likely N-dealkylation sites (tertiary alicyclic amines) is 1. The first kappa shape index (κ1) is 20.2. The molecule has 1 amide bonds. The van der Waals surface area contributed by atoms with Crippen molar-refractivity contribution < 1.29 is 9.53 Å². The van der Waals surface area contributed by atoms with Gasteiger partial charge in [-0.25, -0.2) is 4.79 Å². The van der Waals surface area contributed by atoms with Crippen LogP contribution < -0.4 is 0 Å². The third-order valence-electron chi connectivity index (χ3n) is 6.51. The predicted molar refractivity (Wildman–Crippen MR) is 111 cm³/mol. The fourth-order valence-corrected chi connectivity index (χ4v) is 5.21. The fourth-order valence-electron chi connectivity index (χ4n) is 5.21. The molecule has 1 aromatic carbocycles. The van der Waals surface area contributed by atoms with E-state index < -0.39 is 5.60 Å². The lowest BCUT2D eigenvalue weighted by molar-refractivity contribution is -0.00318. The Balaban J connectivity index is 1.92. The minimum atomic E-state index is -0.447. The number of hydrogen-bond donors (Lipinski definition) is 0. The average Bonchev–Trinajstić information content (AvgIpc) is 3.33. The topological polar surface area (TPSA) is 29.5 Å². The van der Waals surface area contributed by atoms with E-state index in [9.17, 15) is 4.79 Å². The lowest BCUT2D eigenvalue weighted by atomic mass is 9.71. The van der Waals surface area contributed by atoms with Crippen molar-refractivity contribution in [1.82, 2.24) is 4.90 Å². The van der Waals surface area contributed by atoms with Crippen molar-refractivity contribution in [2.24, 2.45) is 0 Å². The van der Waals surface area contributed by atoms with Gasteiger partial charge in [-0.05, 0) is 58.4 Å². The van der Waals surface area contributed by atoms with Gasteiger partial charge in [0.2, 0.25) is 0 Å². The van der Waals surface area contributed by atoms with E-state index in [1.165, 1.54) is 44.1 Å². The summed E-state index contributed by atoms with van der Waals surface area (Å²) in [5.41, 5.74) is 1.01. The van der Waals surface area contributed by atoms with E-state index >= 15 is 0 Å². The number of rotatable bonds is 7. The van der Waals surface area contributed by atoms with Crippen molar-refractivity contribution in [3.05, 3.63) is 35.9 Å². The van der Waals surface area contributed by atoms with Crippen LogP contribution in [-0.2, 0) is 10.2 Å². The zero-order valence-corrected chi connectivity index (χ0v) is 17.7. The first-order chi connectivity index (χ1) is 12.8. The molecule has 3 heteroatoms. The number of unbranched alkanes of at least 4 members (excludes halogenated alkanes) is 3. The summed E-state index contributed by atoms with van der Waals surface area (Å²) in [7, 11) is 0. The molecule has 0 radical (unpaired) electrons. The van der Waals surface area contributed by atoms with Crippen LogP contribution in [0.25, 0.3) is 0 Å². The van der Waals surface area contributed by atoms with E-state index in [4.69, 9.17) is 4.74 Å². The van der Waals surface area contributed by atoms with Gasteiger partial charge in [0.15, 0.2) is 0 Å². The maximum atomic E-state index is 13.2. The van der Waals surface area contributed by atoms with Crippen molar-refractivity contribution in [3.63, 3.8) is 0 Å². The van der Waals surface area contributed by atoms with E-state index in [0.29, 0.717) is 0 Å². The first-order valence-electron chi connectivity index (χ1n) is 10.9. The highest BCUT2D eigenvalue weighted by Gasteiger charge is 2.64. The molecule has 2 aliphatic rings. The molecule has 0 aromatic heterocycles. The molecule has 1 saturated heterocycles. The Labute approximate surface area is 165 Å². The lowest BCUT2D eigenvalue weighted by Gasteiger charge is -2.46. The average molecular weight is 372 g/mol. The van der Waals surface area contributed by atoms with Gasteiger partial charge in [-0.1, -0.05) is 62.9 Å². The second kappa shape index (κ2) is 7.85. The summed E-state index contributed by atoms with van der Waals surface area (Å²) in [5, 5.41) is 0. The van der Waals surface area contributed by atoms with Crippen LogP contribution in [0.5, 0.6) is 0 Å². The molecule has 1 aliphatic heterocycles. The maximum absolute atomic E-state index is 13.2. The minimum absolute atomic E-state index is 0.0789. The quantitative estimate of drug-likeness (QED) is 0.515. The molecule has 27 heavy (non-hydrogen) atoms. The Hall–Kier alpha value is -1.51. The number of hydrogen-bond acceptors (Lipinski definition) is 2. The molecule has 1 aromatic rings. The molecule has 1 saturated carbocycles. The smallest absolute Gasteiger partial charge is 0.410 e. The van der Waals surface area contributed by atoms with Gasteiger partial charge in [0, 0.05) is 12.0 Å². The van der Waals surface area contributed by atoms with Crippen molar-refractivity contribution in [1.29, 1.82) is 0 Å². The number of carbonyl (C=O) groups excluding carboxylic acids is 1. The molecular formula is C24H37NO2. The second-order valence-corrected chi connectivity index (χ2v) is 9.53. The molecule has 1 heterocycles. The fraction of sp³-hybridized carbons (Fsp3) is 0.708. The van der Waals surface area contributed by atoms with Crippen molar-refractivity contribution in [2.75, 3.05) is 6.54 Å². The van der Waals surface area contributed by atoms with E-state index in [0.717, 1.165) is 25.8 Å². The van der Waals surface area contributed by atoms with Crippen LogP contribution in [0.2, 0.25) is 0 Å². The molecule has 2 fully saturated rings. The minimum Gasteiger partial charge on any atom is -0.444 e. The van der Waals surface area contributed by atoms with Gasteiger partial charge in [0.1, 0.15) is 5.60 Å². The van der Waals surface area contributed by atoms with Crippen LogP contribution in [0.4, 0.5) is 4.79 Å². The normalized spacial score (nSPS) is 24.1. The van der Waals surface area contributed by atoms with Gasteiger partial charge < -0.3 is 9.64 Å². The molecular weight excluding hydrogens is 334 g/mol. The number of benzene rings is 1. The van der Waals surface area contributed by atoms with E-state index in [-0.39, 0.29) is 17.0 Å². The molecule has 0 spiro atoms. The molecule has 0 bridgehead atoms. The Morgan fingerprint density at radius 3 is 2.37 bits per heavy atom. The summed E-state index contributed by atoms with van der Waals surface area (Å²) in [5.74, 6) is 0. The largest absolute Gasteiger partial charge is 0.444 e. The molecule has 3 rings (SSSR count). The highest BCUT2D eigenvalue weighted by atomic mass is 16.6. The van der Waals surface area contributed by atoms with Gasteiger partial charge in [-0.2, -0.15) is 0 Å². The second-order valence-electron chi connectivity index (χ2n) is 9.53. The van der Waals surface area contributed by atoms with Crippen molar-refractivity contribution in [2.45, 2.75) is 102 Å². The zero-order chi connectivity index (χ0) is 19.5. The van der Waals surface area contributed by atoms with E-state index in [2.05, 4.69) is 42.2 Å². The van der Waals surface area contributed by atoms with E-state index in [1.54, 1.807) is 0 Å². The third-order valence-corrected chi connectivity index (χ3v) is 6.51. The molecule has 1 unspecified atom stereocenters. The van der Waals surface area contributed by atoms with Crippen molar-refractivity contribution >= 4 is 6.09 Å². The highest BCUT2D eigenvalue weighted by molar-refractivity contribution is 5.70. The summed E-state index contributed by atoms with van der Waals surface area (Å²) >= 11 is 0. The van der Waals surface area contributed by atoms with Gasteiger partial charge >= 0.3 is 6.09 Å². The number of carbonyl (C=O) groups is 1. The third kappa shape index (κ3) is 4.02. The maximum Gasteiger partial charge on any atom is 0.410 e. The number of ether oxygens (including phenoxy) is 1. The summed E-state index contributed by atoms with van der Waals surface area (Å²) in [6.45, 7) is 8.98. The monoisotopic (exact) mass is 371 g/mol. The highest BCUT2D eigenvalue weighted by Crippen LogP contribution is 2.62. The van der Waals surface area contributed by atoms with Crippen molar-refractivity contribution in [3.8, 4) is 0 Å². The SMILES string of the molecule is CCCCCCC1(C2(c3ccccc3)CC2)CCCN1C(=O)OC(C)(C)C. The molecule has 1 atom stereocenters. The van der Waals surface area contributed by atoms with E-state index in [1.807, 2.05) is 20.8 Å². The number of amides is 1. The first-order valence-corrected chi connectivity index (χ1v) is 10.9. The van der Waals surface area contributed by atoms with Gasteiger partial charge in [0.05, 0.1) is 5.54 Å². The van der Waals surface area contributed by atoms with Crippen LogP contribution in [-0.4, -0.2) is 28.7 Å². The molecule has 0 N–H and O–H groups in total. The van der Waals surface area contributed by atoms with Gasteiger partial charge in [-0.15, -0.1) is 0 Å². The Morgan fingerprint density at radius 1 is 1.07 bits per heavy atom. The lowest BCUT2D eigenvalue weighted by Crippen LogP contribution is -2.56. The standard InChI is InChI=1S/C24H37NO2/c1-5-6-7-11-15-24(23(17-18-23)20-13-9-8-10-14-20)16-12-19-25(24)21(26)27-22(2,3)4/h8-10,13-14H,5-7,11-12,15-19H2,1-4H3. The number of nitrogens with zero attached hydrogens (tertiary/aromatic N) is 1. The zero-order valence-electron chi connectivity index (χ0n) is 17.7. The Kier molecular flexibility index (Phi) is 5.88. The van der Waals surface area contributed by atoms with Gasteiger partial charge in [0.25, 0.3) is 0 Å². The van der Waals surface area contributed by atoms with Crippen LogP contribution >= 0.6 is 0 Å². The summed E-state index contributed by atoms with van der Waals surface area (Å²) in [6.07, 6.45) is 10.5.